The molecule has 0 atom stereocenters. The van der Waals surface area contributed by atoms with Gasteiger partial charge in [-0.3, -0.25) is 4.79 Å². The van der Waals surface area contributed by atoms with Crippen LogP contribution in [0.2, 0.25) is 0 Å². The molecule has 0 aromatic heterocycles. The molecule has 144 valence electrons. The lowest BCUT2D eigenvalue weighted by molar-refractivity contribution is -0.137. The van der Waals surface area contributed by atoms with E-state index in [1.807, 2.05) is 0 Å². The van der Waals surface area contributed by atoms with Crippen LogP contribution >= 0.6 is 0 Å². The lowest BCUT2D eigenvalue weighted by Gasteiger charge is -2.03. The van der Waals surface area contributed by atoms with Crippen LogP contribution < -0.4 is 0 Å². The van der Waals surface area contributed by atoms with Crippen molar-refractivity contribution in [1.82, 2.24) is 0 Å². The lowest BCUT2D eigenvalue weighted by atomic mass is 10.0. The van der Waals surface area contributed by atoms with Gasteiger partial charge in [-0.05, 0) is 6.42 Å². The van der Waals surface area contributed by atoms with Crippen LogP contribution in [0.5, 0.6) is 0 Å². The van der Waals surface area contributed by atoms with E-state index in [4.69, 9.17) is 5.11 Å². The molecular weight excluding hydrogens is 302 g/mol. The summed E-state index contributed by atoms with van der Waals surface area (Å²) in [6.45, 7) is 2.28. The van der Waals surface area contributed by atoms with Crippen LogP contribution in [0.3, 0.4) is 0 Å². The van der Waals surface area contributed by atoms with Crippen LogP contribution in [0.1, 0.15) is 135 Å². The van der Waals surface area contributed by atoms with Gasteiger partial charge in [0.25, 0.3) is 0 Å². The van der Waals surface area contributed by atoms with Crippen LogP contribution in [0.4, 0.5) is 0 Å². The molecule has 2 nitrogen and oxygen atoms in total. The van der Waals surface area contributed by atoms with Crippen LogP contribution in [-0.2, 0) is 4.79 Å². The van der Waals surface area contributed by atoms with Crippen molar-refractivity contribution in [2.75, 3.05) is 0 Å². The zero-order chi connectivity index (χ0) is 17.7. The Labute approximate surface area is 151 Å². The first-order chi connectivity index (χ1) is 11.8. The molecule has 0 aromatic rings. The molecule has 0 aromatic carbocycles. The third-order valence-electron chi connectivity index (χ3n) is 4.99. The summed E-state index contributed by atoms with van der Waals surface area (Å²) in [6.07, 6.45) is 26.1. The van der Waals surface area contributed by atoms with Gasteiger partial charge in [-0.1, -0.05) is 122 Å². The van der Waals surface area contributed by atoms with Crippen molar-refractivity contribution in [3.05, 3.63) is 0 Å². The van der Waals surface area contributed by atoms with Crippen molar-refractivity contribution >= 4 is 5.97 Å². The zero-order valence-corrected chi connectivity index (χ0v) is 16.5. The fraction of sp³-hybridized carbons (Fsp3) is 0.955. The molecule has 2 heteroatoms. The highest BCUT2D eigenvalue weighted by Crippen LogP contribution is 2.14. The van der Waals surface area contributed by atoms with Crippen molar-refractivity contribution in [2.45, 2.75) is 135 Å². The number of hydrogen-bond acceptors (Lipinski definition) is 1. The summed E-state index contributed by atoms with van der Waals surface area (Å²) in [5.41, 5.74) is 0. The van der Waals surface area contributed by atoms with E-state index in [0.717, 1.165) is 12.8 Å². The minimum Gasteiger partial charge on any atom is -0.481 e. The second kappa shape index (κ2) is 20.5. The molecular formula is C22H44O2. The second-order valence-corrected chi connectivity index (χ2v) is 7.51. The number of aliphatic carboxylic acids is 1. The monoisotopic (exact) mass is 346 g/mol. The highest BCUT2D eigenvalue weighted by Gasteiger charge is 1.97. The summed E-state index contributed by atoms with van der Waals surface area (Å²) in [5, 5.41) is 8.56. The van der Waals surface area contributed by atoms with Crippen molar-refractivity contribution in [2.24, 2.45) is 0 Å². The van der Waals surface area contributed by atoms with Gasteiger partial charge < -0.3 is 5.11 Å². The number of carboxylic acids is 1. The summed E-state index contributed by atoms with van der Waals surface area (Å²) < 4.78 is 0. The second-order valence-electron chi connectivity index (χ2n) is 7.51. The molecule has 0 rings (SSSR count). The zero-order valence-electron chi connectivity index (χ0n) is 16.5. The minimum atomic E-state index is -0.651. The molecule has 0 fully saturated rings. The standard InChI is InChI=1S/C22H44O2/c1-2-3-4-5-6-7-8-9-10-11-12-13-14-15-16-17-18-19-20-21-22(23)24/h2-21H2,1H3,(H,23,24)/i17+1,18+1,19+1,20+1,21+1,22+1. The minimum absolute atomic E-state index is 0.346. The summed E-state index contributed by atoms with van der Waals surface area (Å²) in [4.78, 5) is 10.4. The van der Waals surface area contributed by atoms with Gasteiger partial charge in [0.15, 0.2) is 0 Å². The first-order valence-corrected chi connectivity index (χ1v) is 11.0. The summed E-state index contributed by atoms with van der Waals surface area (Å²) >= 11 is 0. The van der Waals surface area contributed by atoms with Gasteiger partial charge in [0.2, 0.25) is 0 Å². The van der Waals surface area contributed by atoms with E-state index in [9.17, 15) is 4.79 Å². The molecule has 1 N–H and O–H groups in total. The van der Waals surface area contributed by atoms with E-state index in [0.29, 0.717) is 6.42 Å². The van der Waals surface area contributed by atoms with Gasteiger partial charge in [-0.15, -0.1) is 0 Å². The highest BCUT2D eigenvalue weighted by molar-refractivity contribution is 5.66. The van der Waals surface area contributed by atoms with Gasteiger partial charge in [-0.2, -0.15) is 0 Å². The Hall–Kier alpha value is -0.530. The molecule has 0 unspecified atom stereocenters. The maximum absolute atomic E-state index is 10.4. The van der Waals surface area contributed by atoms with E-state index in [1.165, 1.54) is 109 Å². The fourth-order valence-corrected chi connectivity index (χ4v) is 3.35. The third-order valence-corrected chi connectivity index (χ3v) is 4.99. The molecule has 0 aliphatic heterocycles. The van der Waals surface area contributed by atoms with Gasteiger partial charge in [0, 0.05) is 6.42 Å². The third kappa shape index (κ3) is 21.5. The first kappa shape index (κ1) is 23.5. The van der Waals surface area contributed by atoms with Crippen molar-refractivity contribution in [3.63, 3.8) is 0 Å². The SMILES string of the molecule is CCCCCCCCCCCCCCCC[13CH2][13CH2][13CH2][13CH2][13CH2][13C](=O)O. The van der Waals surface area contributed by atoms with Gasteiger partial charge in [-0.25, -0.2) is 0 Å². The number of rotatable bonds is 20. The Morgan fingerprint density at radius 1 is 0.500 bits per heavy atom. The van der Waals surface area contributed by atoms with E-state index >= 15 is 0 Å². The number of hydrogen-bond donors (Lipinski definition) is 1. The van der Waals surface area contributed by atoms with E-state index < -0.39 is 5.97 Å². The topological polar surface area (TPSA) is 37.3 Å². The Balaban J connectivity index is 2.97. The van der Waals surface area contributed by atoms with E-state index in [-0.39, 0.29) is 0 Å². The maximum atomic E-state index is 10.4. The predicted octanol–water partition coefficient (Wildman–Crippen LogP) is 7.89. The van der Waals surface area contributed by atoms with Crippen LogP contribution in [-0.4, -0.2) is 11.1 Å². The van der Waals surface area contributed by atoms with E-state index in [1.54, 1.807) is 0 Å². The Morgan fingerprint density at radius 3 is 1.00 bits per heavy atom. The van der Waals surface area contributed by atoms with Gasteiger partial charge in [0.1, 0.15) is 0 Å². The van der Waals surface area contributed by atoms with Crippen LogP contribution in [0, 0.1) is 0 Å². The largest absolute Gasteiger partial charge is 0.481 e. The Kier molecular flexibility index (Phi) is 20.1. The molecule has 0 saturated heterocycles. The average Bonchev–Trinajstić information content (AvgIpc) is 2.56. The maximum Gasteiger partial charge on any atom is 0.303 e. The summed E-state index contributed by atoms with van der Waals surface area (Å²) in [5.74, 6) is -0.651. The van der Waals surface area contributed by atoms with Crippen molar-refractivity contribution in [1.29, 1.82) is 0 Å². The van der Waals surface area contributed by atoms with Crippen LogP contribution in [0.25, 0.3) is 0 Å². The molecule has 0 saturated carbocycles. The number of carboxylic acid groups (broad SMARTS) is 1. The molecule has 24 heavy (non-hydrogen) atoms. The molecule has 0 spiro atoms. The quantitative estimate of drug-likeness (QED) is 0.180. The molecule has 0 aliphatic carbocycles. The molecule has 0 amide bonds. The molecule has 0 radical (unpaired) electrons. The fourth-order valence-electron chi connectivity index (χ4n) is 3.35. The van der Waals surface area contributed by atoms with Gasteiger partial charge >= 0.3 is 5.97 Å². The number of unbranched alkanes of at least 4 members (excludes halogenated alkanes) is 18. The Bertz CT molecular complexity index is 250. The van der Waals surface area contributed by atoms with Crippen molar-refractivity contribution in [3.8, 4) is 0 Å². The van der Waals surface area contributed by atoms with Gasteiger partial charge in [0.05, 0.1) is 0 Å². The molecule has 0 bridgehead atoms. The first-order valence-electron chi connectivity index (χ1n) is 11.0. The number of carbonyl (C=O) groups is 1. The van der Waals surface area contributed by atoms with Crippen molar-refractivity contribution < 1.29 is 9.90 Å². The average molecular weight is 347 g/mol. The smallest absolute Gasteiger partial charge is 0.303 e. The predicted molar refractivity (Wildman–Crippen MR) is 106 cm³/mol. The summed E-state index contributed by atoms with van der Waals surface area (Å²) in [6, 6.07) is 0. The normalized spacial score (nSPS) is 11.0. The summed E-state index contributed by atoms with van der Waals surface area (Å²) in [7, 11) is 0. The highest BCUT2D eigenvalue weighted by atomic mass is 16.5. The lowest BCUT2D eigenvalue weighted by Crippen LogP contribution is -1.93. The van der Waals surface area contributed by atoms with E-state index in [2.05, 4.69) is 6.92 Å². The Morgan fingerprint density at radius 2 is 0.750 bits per heavy atom. The van der Waals surface area contributed by atoms with Crippen LogP contribution in [0.15, 0.2) is 0 Å². The molecule has 0 aliphatic rings. The molecule has 0 heterocycles.